The number of aromatic nitrogens is 3. The highest BCUT2D eigenvalue weighted by molar-refractivity contribution is 5.98. The smallest absolute Gasteiger partial charge is 0.254 e. The summed E-state index contributed by atoms with van der Waals surface area (Å²) < 4.78 is 29.1. The lowest BCUT2D eigenvalue weighted by atomic mass is 9.81. The number of carbonyl (C=O) groups is 1. The van der Waals surface area contributed by atoms with Crippen molar-refractivity contribution >= 4 is 17.4 Å². The van der Waals surface area contributed by atoms with Crippen molar-refractivity contribution in [2.24, 2.45) is 5.73 Å². The summed E-state index contributed by atoms with van der Waals surface area (Å²) in [5.41, 5.74) is 6.57. The van der Waals surface area contributed by atoms with Gasteiger partial charge in [-0.25, -0.2) is 9.37 Å². The topological polar surface area (TPSA) is 97.9 Å². The van der Waals surface area contributed by atoms with E-state index in [-0.39, 0.29) is 28.8 Å². The van der Waals surface area contributed by atoms with Crippen molar-refractivity contribution in [3.8, 4) is 0 Å². The lowest BCUT2D eigenvalue weighted by Gasteiger charge is -2.38. The molecule has 32 heavy (non-hydrogen) atoms. The van der Waals surface area contributed by atoms with E-state index < -0.39 is 11.9 Å². The molecule has 0 radical (unpaired) electrons. The highest BCUT2D eigenvalue weighted by Crippen LogP contribution is 2.36. The zero-order chi connectivity index (χ0) is 22.7. The number of nitrogens with two attached hydrogens (primary N) is 1. The number of rotatable bonds is 7. The molecule has 1 aliphatic rings. The van der Waals surface area contributed by atoms with Gasteiger partial charge in [-0.15, -0.1) is 0 Å². The Labute approximate surface area is 185 Å². The molecule has 0 spiro atoms. The van der Waals surface area contributed by atoms with Gasteiger partial charge in [0, 0.05) is 42.3 Å². The van der Waals surface area contributed by atoms with Crippen molar-refractivity contribution in [1.82, 2.24) is 20.1 Å². The van der Waals surface area contributed by atoms with E-state index in [1.54, 1.807) is 29.1 Å². The van der Waals surface area contributed by atoms with Crippen molar-refractivity contribution in [3.63, 3.8) is 0 Å². The van der Waals surface area contributed by atoms with Gasteiger partial charge in [0.2, 0.25) is 5.95 Å². The van der Waals surface area contributed by atoms with Gasteiger partial charge in [0.1, 0.15) is 11.4 Å². The van der Waals surface area contributed by atoms with Crippen LogP contribution in [0.4, 0.5) is 20.3 Å². The van der Waals surface area contributed by atoms with Crippen LogP contribution in [0.2, 0.25) is 0 Å². The summed E-state index contributed by atoms with van der Waals surface area (Å²) in [6, 6.07) is 9.84. The maximum Gasteiger partial charge on any atom is 0.254 e. The second-order valence-corrected chi connectivity index (χ2v) is 8.44. The summed E-state index contributed by atoms with van der Waals surface area (Å²) in [6.45, 7) is 2.58. The first kappa shape index (κ1) is 21.9. The van der Waals surface area contributed by atoms with Gasteiger partial charge in [-0.1, -0.05) is 18.2 Å². The van der Waals surface area contributed by atoms with Crippen LogP contribution in [0.25, 0.3) is 0 Å². The predicted octanol–water partition coefficient (Wildman–Crippen LogP) is 3.85. The van der Waals surface area contributed by atoms with Gasteiger partial charge in [0.25, 0.3) is 5.91 Å². The molecule has 4 N–H and O–H groups in total. The number of anilines is 2. The third-order valence-electron chi connectivity index (χ3n) is 6.12. The van der Waals surface area contributed by atoms with Crippen molar-refractivity contribution in [3.05, 3.63) is 71.7 Å². The number of pyridine rings is 1. The number of halogens is 2. The molecule has 0 atom stereocenters. The fraction of sp³-hybridized carbons (Fsp3) is 0.348. The molecule has 1 aromatic carbocycles. The summed E-state index contributed by atoms with van der Waals surface area (Å²) >= 11 is 0. The molecule has 1 saturated carbocycles. The first-order valence-electron chi connectivity index (χ1n) is 10.6. The Kier molecular flexibility index (Phi) is 6.18. The maximum absolute atomic E-state index is 13.9. The number of carbonyl (C=O) groups excluding carboxylic acids is 1. The number of nitrogens with zero attached hydrogens (tertiary/aromatic N) is 3. The molecule has 0 saturated heterocycles. The van der Waals surface area contributed by atoms with Gasteiger partial charge >= 0.3 is 0 Å². The Hall–Kier alpha value is -3.33. The molecule has 9 heteroatoms. The van der Waals surface area contributed by atoms with Gasteiger partial charge in [0.15, 0.2) is 5.82 Å². The van der Waals surface area contributed by atoms with Crippen LogP contribution in [0, 0.1) is 11.8 Å². The molecule has 7 nitrogen and oxygen atoms in total. The molecule has 1 aliphatic carbocycles. The summed E-state index contributed by atoms with van der Waals surface area (Å²) in [7, 11) is 0. The normalized spacial score (nSPS) is 20.8. The van der Waals surface area contributed by atoms with E-state index in [1.165, 1.54) is 18.3 Å². The minimum absolute atomic E-state index is 0.203. The molecule has 3 aromatic rings. The first-order chi connectivity index (χ1) is 15.3. The van der Waals surface area contributed by atoms with Gasteiger partial charge in [-0.05, 0) is 44.7 Å². The number of amides is 1. The molecular formula is C23H26F2N6O. The van der Waals surface area contributed by atoms with Crippen molar-refractivity contribution in [2.45, 2.75) is 50.7 Å². The number of nitrogens with one attached hydrogen (secondary N) is 2. The second-order valence-electron chi connectivity index (χ2n) is 8.44. The lowest BCUT2D eigenvalue weighted by Crippen LogP contribution is -2.41. The average Bonchev–Trinajstić information content (AvgIpc) is 3.19. The molecule has 168 valence electrons. The third-order valence-corrected chi connectivity index (χ3v) is 6.12. The van der Waals surface area contributed by atoms with Crippen LogP contribution < -0.4 is 16.4 Å². The van der Waals surface area contributed by atoms with E-state index in [0.29, 0.717) is 17.8 Å². The highest BCUT2D eigenvalue weighted by Gasteiger charge is 2.34. The van der Waals surface area contributed by atoms with Crippen molar-refractivity contribution < 1.29 is 13.6 Å². The second kappa shape index (κ2) is 9.04. The van der Waals surface area contributed by atoms with Crippen LogP contribution in [-0.2, 0) is 12.1 Å². The molecule has 0 aliphatic heterocycles. The summed E-state index contributed by atoms with van der Waals surface area (Å²) in [5, 5.41) is 11.0. The largest absolute Gasteiger partial charge is 0.365 e. The Balaban J connectivity index is 1.44. The Morgan fingerprint density at radius 2 is 2.00 bits per heavy atom. The minimum atomic E-state index is -0.636. The fourth-order valence-corrected chi connectivity index (χ4v) is 4.11. The van der Waals surface area contributed by atoms with Gasteiger partial charge in [-0.3, -0.25) is 9.48 Å². The molecule has 0 bridgehead atoms. The van der Waals surface area contributed by atoms with Crippen LogP contribution in [0.5, 0.6) is 0 Å². The van der Waals surface area contributed by atoms with Crippen LogP contribution in [0.15, 0.2) is 48.8 Å². The van der Waals surface area contributed by atoms with Gasteiger partial charge in [0.05, 0.1) is 5.54 Å². The number of hydrogen-bond donors (Lipinski definition) is 3. The van der Waals surface area contributed by atoms with Crippen LogP contribution in [0.3, 0.4) is 0 Å². The molecule has 1 amide bonds. The highest BCUT2D eigenvalue weighted by atomic mass is 19.1. The Bertz CT molecular complexity index is 1110. The molecule has 2 heterocycles. The molecule has 2 aromatic heterocycles. The number of benzene rings is 1. The van der Waals surface area contributed by atoms with E-state index in [4.69, 9.17) is 5.73 Å². The zero-order valence-corrected chi connectivity index (χ0v) is 17.8. The molecule has 4 rings (SSSR count). The summed E-state index contributed by atoms with van der Waals surface area (Å²) in [6.07, 6.45) is 6.39. The van der Waals surface area contributed by atoms with E-state index in [2.05, 4.69) is 27.6 Å². The molecule has 0 unspecified atom stereocenters. The first-order valence-corrected chi connectivity index (χ1v) is 10.6. The quantitative estimate of drug-likeness (QED) is 0.485. The summed E-state index contributed by atoms with van der Waals surface area (Å²) in [4.78, 5) is 15.5. The Morgan fingerprint density at radius 1 is 1.25 bits per heavy atom. The van der Waals surface area contributed by atoms with E-state index in [0.717, 1.165) is 25.7 Å². The molecular weight excluding hydrogens is 414 g/mol. The van der Waals surface area contributed by atoms with Crippen LogP contribution in [0.1, 0.15) is 48.5 Å². The average molecular weight is 440 g/mol. The minimum Gasteiger partial charge on any atom is -0.365 e. The fourth-order valence-electron chi connectivity index (χ4n) is 4.11. The SMILES string of the molecule is CC1(n2cc(C(N)=O)c(Nc3ccnc(F)c3)n2)CCC(NCc2ccccc2F)CC1. The maximum atomic E-state index is 13.9. The zero-order valence-electron chi connectivity index (χ0n) is 17.8. The van der Waals surface area contributed by atoms with Gasteiger partial charge < -0.3 is 16.4 Å². The van der Waals surface area contributed by atoms with E-state index >= 15 is 0 Å². The van der Waals surface area contributed by atoms with Crippen molar-refractivity contribution in [2.75, 3.05) is 5.32 Å². The lowest BCUT2D eigenvalue weighted by molar-refractivity contribution is 0.100. The third kappa shape index (κ3) is 4.77. The Morgan fingerprint density at radius 3 is 2.69 bits per heavy atom. The van der Waals surface area contributed by atoms with Crippen LogP contribution >= 0.6 is 0 Å². The van der Waals surface area contributed by atoms with Crippen molar-refractivity contribution in [1.29, 1.82) is 0 Å². The van der Waals surface area contributed by atoms with Crippen LogP contribution in [-0.4, -0.2) is 26.7 Å². The number of hydrogen-bond acceptors (Lipinski definition) is 5. The van der Waals surface area contributed by atoms with E-state index in [9.17, 15) is 13.6 Å². The molecule has 1 fully saturated rings. The standard InChI is InChI=1S/C23H26F2N6O/c1-23(9-6-16(7-10-23)28-13-15-4-2-3-5-19(15)24)31-14-18(21(26)32)22(30-31)29-17-8-11-27-20(25)12-17/h2-5,8,11-12,14,16,28H,6-7,9-10,13H2,1H3,(H2,26,32)(H,27,29,30). The monoisotopic (exact) mass is 440 g/mol. The van der Waals surface area contributed by atoms with Gasteiger partial charge in [-0.2, -0.15) is 9.49 Å². The predicted molar refractivity (Wildman–Crippen MR) is 117 cm³/mol. The summed E-state index contributed by atoms with van der Waals surface area (Å²) in [5.74, 6) is -1.17. The number of primary amides is 1. The van der Waals surface area contributed by atoms with E-state index in [1.807, 2.05) is 6.07 Å².